The molecule has 3 rings (SSSR count). The number of benzene rings is 1. The largest absolute Gasteiger partial charge is 0.371 e. The minimum Gasteiger partial charge on any atom is -0.371 e. The zero-order valence-electron chi connectivity index (χ0n) is 15.1. The van der Waals surface area contributed by atoms with Crippen LogP contribution in [-0.4, -0.2) is 35.9 Å². The normalized spacial score (nSPS) is 15.1. The first-order valence-electron chi connectivity index (χ1n) is 8.77. The number of thiophene rings is 1. The number of nitrogens with zero attached hydrogens (tertiary/aromatic N) is 3. The third-order valence-corrected chi connectivity index (χ3v) is 5.73. The monoisotopic (exact) mass is 373 g/mol. The third kappa shape index (κ3) is 4.04. The molecule has 1 saturated heterocycles. The van der Waals surface area contributed by atoms with Crippen LogP contribution in [-0.2, 0) is 6.54 Å². The van der Waals surface area contributed by atoms with E-state index in [1.54, 1.807) is 29.4 Å². The maximum atomic E-state index is 13.1. The zero-order chi connectivity index (χ0) is 18.7. The van der Waals surface area contributed by atoms with Crippen LogP contribution in [0.3, 0.4) is 0 Å². The molecule has 1 fully saturated rings. The highest BCUT2D eigenvalue weighted by Gasteiger charge is 2.25. The van der Waals surface area contributed by atoms with Crippen LogP contribution >= 0.6 is 11.3 Å². The number of hydrogen-bond donors (Lipinski definition) is 0. The lowest BCUT2D eigenvalue weighted by Crippen LogP contribution is -2.35. The molecule has 0 spiro atoms. The Balaban J connectivity index is 1.90. The average Bonchev–Trinajstić information content (AvgIpc) is 3.14. The summed E-state index contributed by atoms with van der Waals surface area (Å²) in [7, 11) is 1.74. The van der Waals surface area contributed by atoms with Crippen LogP contribution in [0, 0.1) is 16.0 Å². The molecule has 1 aliphatic rings. The van der Waals surface area contributed by atoms with E-state index in [2.05, 4.69) is 11.8 Å². The zero-order valence-corrected chi connectivity index (χ0v) is 15.9. The van der Waals surface area contributed by atoms with Crippen molar-refractivity contribution in [1.82, 2.24) is 4.90 Å². The van der Waals surface area contributed by atoms with Gasteiger partial charge in [-0.1, -0.05) is 13.0 Å². The maximum absolute atomic E-state index is 13.1. The van der Waals surface area contributed by atoms with Gasteiger partial charge in [0.05, 0.1) is 22.7 Å². The van der Waals surface area contributed by atoms with E-state index in [1.165, 1.54) is 12.1 Å². The van der Waals surface area contributed by atoms with Crippen molar-refractivity contribution in [2.45, 2.75) is 26.3 Å². The Labute approximate surface area is 157 Å². The molecule has 0 aliphatic carbocycles. The van der Waals surface area contributed by atoms with Gasteiger partial charge in [0.25, 0.3) is 11.6 Å². The third-order valence-electron chi connectivity index (χ3n) is 4.87. The molecule has 0 unspecified atom stereocenters. The van der Waals surface area contributed by atoms with Crippen LogP contribution in [0.2, 0.25) is 0 Å². The molecular weight excluding hydrogens is 350 g/mol. The molecule has 0 saturated carbocycles. The van der Waals surface area contributed by atoms with Crippen molar-refractivity contribution in [3.63, 3.8) is 0 Å². The minimum atomic E-state index is -0.446. The highest BCUT2D eigenvalue weighted by molar-refractivity contribution is 7.09. The Morgan fingerprint density at radius 1 is 1.35 bits per heavy atom. The molecule has 6 nitrogen and oxygen atoms in total. The second-order valence-corrected chi connectivity index (χ2v) is 7.90. The van der Waals surface area contributed by atoms with Crippen LogP contribution in [0.15, 0.2) is 35.7 Å². The van der Waals surface area contributed by atoms with Crippen molar-refractivity contribution >= 4 is 28.6 Å². The van der Waals surface area contributed by atoms with E-state index in [1.807, 2.05) is 17.5 Å². The molecule has 26 heavy (non-hydrogen) atoms. The van der Waals surface area contributed by atoms with Crippen LogP contribution in [0.4, 0.5) is 11.4 Å². The first-order chi connectivity index (χ1) is 12.5. The summed E-state index contributed by atoms with van der Waals surface area (Å²) in [6.45, 7) is 4.46. The number of nitro benzene ring substituents is 1. The fourth-order valence-corrected chi connectivity index (χ4v) is 4.01. The van der Waals surface area contributed by atoms with Crippen molar-refractivity contribution < 1.29 is 9.72 Å². The van der Waals surface area contributed by atoms with Crippen LogP contribution in [0.25, 0.3) is 0 Å². The summed E-state index contributed by atoms with van der Waals surface area (Å²) in [5.74, 6) is 0.487. The molecule has 1 aromatic carbocycles. The summed E-state index contributed by atoms with van der Waals surface area (Å²) >= 11 is 1.59. The summed E-state index contributed by atoms with van der Waals surface area (Å²) in [5.41, 5.74) is 1.16. The quantitative estimate of drug-likeness (QED) is 0.583. The van der Waals surface area contributed by atoms with E-state index in [-0.39, 0.29) is 11.6 Å². The summed E-state index contributed by atoms with van der Waals surface area (Å²) in [5, 5.41) is 13.2. The maximum Gasteiger partial charge on any atom is 0.270 e. The Morgan fingerprint density at radius 3 is 2.69 bits per heavy atom. The fourth-order valence-electron chi connectivity index (χ4n) is 3.25. The summed E-state index contributed by atoms with van der Waals surface area (Å²) < 4.78 is 0. The van der Waals surface area contributed by atoms with Gasteiger partial charge >= 0.3 is 0 Å². The fraction of sp³-hybridized carbons (Fsp3) is 0.421. The van der Waals surface area contributed by atoms with E-state index >= 15 is 0 Å². The van der Waals surface area contributed by atoms with Crippen molar-refractivity contribution in [3.05, 3.63) is 56.3 Å². The molecule has 0 radical (unpaired) electrons. The number of piperidine rings is 1. The summed E-state index contributed by atoms with van der Waals surface area (Å²) in [6, 6.07) is 8.56. The second kappa shape index (κ2) is 7.86. The molecule has 2 heterocycles. The Bertz CT molecular complexity index is 783. The first-order valence-corrected chi connectivity index (χ1v) is 9.65. The van der Waals surface area contributed by atoms with Crippen molar-refractivity contribution in [2.75, 3.05) is 25.0 Å². The molecule has 2 aromatic rings. The number of hydrogen-bond acceptors (Lipinski definition) is 5. The lowest BCUT2D eigenvalue weighted by Gasteiger charge is -2.33. The summed E-state index contributed by atoms with van der Waals surface area (Å²) in [6.07, 6.45) is 2.13. The molecule has 1 amide bonds. The van der Waals surface area contributed by atoms with Crippen molar-refractivity contribution in [2.24, 2.45) is 5.92 Å². The van der Waals surface area contributed by atoms with Gasteiger partial charge in [-0.05, 0) is 36.3 Å². The van der Waals surface area contributed by atoms with Gasteiger partial charge in [0, 0.05) is 37.1 Å². The molecule has 1 aromatic heterocycles. The van der Waals surface area contributed by atoms with Gasteiger partial charge in [-0.3, -0.25) is 14.9 Å². The molecule has 138 valence electrons. The molecule has 0 bridgehead atoms. The molecule has 0 atom stereocenters. The molecular formula is C19H23N3O3S. The lowest BCUT2D eigenvalue weighted by atomic mass is 9.97. The van der Waals surface area contributed by atoms with Gasteiger partial charge in [-0.25, -0.2) is 0 Å². The van der Waals surface area contributed by atoms with Gasteiger partial charge in [-0.2, -0.15) is 0 Å². The van der Waals surface area contributed by atoms with Gasteiger partial charge in [0.15, 0.2) is 0 Å². The molecule has 0 N–H and O–H groups in total. The number of nitro groups is 1. The van der Waals surface area contributed by atoms with E-state index in [9.17, 15) is 14.9 Å². The highest BCUT2D eigenvalue weighted by Crippen LogP contribution is 2.30. The number of carbonyl (C=O) groups excluding carboxylic acids is 1. The SMILES string of the molecule is CC1CCN(c2ccc([N+](=O)[O-])cc2C(=O)N(C)Cc2cccs2)CC1. The van der Waals surface area contributed by atoms with E-state index in [0.29, 0.717) is 18.0 Å². The van der Waals surface area contributed by atoms with Gasteiger partial charge in [0.1, 0.15) is 0 Å². The average molecular weight is 373 g/mol. The van der Waals surface area contributed by atoms with Crippen LogP contribution < -0.4 is 4.90 Å². The number of anilines is 1. The number of rotatable bonds is 5. The number of amides is 1. The van der Waals surface area contributed by atoms with Gasteiger partial charge < -0.3 is 9.80 Å². The van der Waals surface area contributed by atoms with Crippen LogP contribution in [0.1, 0.15) is 35.0 Å². The van der Waals surface area contributed by atoms with E-state index in [0.717, 1.165) is 36.5 Å². The van der Waals surface area contributed by atoms with Crippen molar-refractivity contribution in [3.8, 4) is 0 Å². The Hall–Kier alpha value is -2.41. The lowest BCUT2D eigenvalue weighted by molar-refractivity contribution is -0.384. The summed E-state index contributed by atoms with van der Waals surface area (Å²) in [4.78, 5) is 28.7. The van der Waals surface area contributed by atoms with E-state index in [4.69, 9.17) is 0 Å². The standard InChI is InChI=1S/C19H23N3O3S/c1-14-7-9-21(10-8-14)18-6-5-15(22(24)25)12-17(18)19(23)20(2)13-16-4-3-11-26-16/h3-6,11-12,14H,7-10,13H2,1-2H3. The first kappa shape index (κ1) is 18.4. The predicted octanol–water partition coefficient (Wildman–Crippen LogP) is 4.16. The molecule has 1 aliphatic heterocycles. The van der Waals surface area contributed by atoms with E-state index < -0.39 is 4.92 Å². The Morgan fingerprint density at radius 2 is 2.08 bits per heavy atom. The predicted molar refractivity (Wildman–Crippen MR) is 104 cm³/mol. The minimum absolute atomic E-state index is 0.0491. The number of carbonyl (C=O) groups is 1. The van der Waals surface area contributed by atoms with Crippen molar-refractivity contribution in [1.29, 1.82) is 0 Å². The molecule has 7 heteroatoms. The number of non-ortho nitro benzene ring substituents is 1. The Kier molecular flexibility index (Phi) is 5.56. The van der Waals surface area contributed by atoms with Crippen LogP contribution in [0.5, 0.6) is 0 Å². The van der Waals surface area contributed by atoms with Gasteiger partial charge in [0.2, 0.25) is 0 Å². The highest BCUT2D eigenvalue weighted by atomic mass is 32.1. The van der Waals surface area contributed by atoms with Gasteiger partial charge in [-0.15, -0.1) is 11.3 Å². The second-order valence-electron chi connectivity index (χ2n) is 6.87. The topological polar surface area (TPSA) is 66.7 Å². The smallest absolute Gasteiger partial charge is 0.270 e.